The number of nitrogens with zero attached hydrogens (tertiary/aromatic N) is 3. The van der Waals surface area contributed by atoms with Gasteiger partial charge in [-0.15, -0.1) is 0 Å². The first kappa shape index (κ1) is 21.3. The van der Waals surface area contributed by atoms with Gasteiger partial charge in [-0.1, -0.05) is 11.6 Å². The Morgan fingerprint density at radius 2 is 1.46 bits per heavy atom. The fraction of sp³-hybridized carbons (Fsp3) is 0.625. The van der Waals surface area contributed by atoms with Crippen LogP contribution in [0.15, 0.2) is 23.1 Å². The van der Waals surface area contributed by atoms with Gasteiger partial charge in [0.05, 0.1) is 5.02 Å². The van der Waals surface area contributed by atoms with E-state index in [-0.39, 0.29) is 9.92 Å². The van der Waals surface area contributed by atoms with Gasteiger partial charge < -0.3 is 9.80 Å². The predicted molar refractivity (Wildman–Crippen MR) is 96.5 cm³/mol. The Labute approximate surface area is 150 Å². The van der Waals surface area contributed by atoms with Crippen LogP contribution in [0.2, 0.25) is 5.02 Å². The molecule has 1 aromatic carbocycles. The predicted octanol–water partition coefficient (Wildman–Crippen LogP) is 2.37. The summed E-state index contributed by atoms with van der Waals surface area (Å²) in [6.07, 6.45) is 1.43. The summed E-state index contributed by atoms with van der Waals surface area (Å²) in [4.78, 5) is 3.98. The molecule has 0 heterocycles. The van der Waals surface area contributed by atoms with Gasteiger partial charge in [-0.25, -0.2) is 12.8 Å². The molecule has 0 saturated carbocycles. The molecule has 0 amide bonds. The van der Waals surface area contributed by atoms with Crippen molar-refractivity contribution in [2.24, 2.45) is 0 Å². The van der Waals surface area contributed by atoms with Gasteiger partial charge in [0, 0.05) is 13.1 Å². The maximum Gasteiger partial charge on any atom is 0.244 e. The second-order valence-electron chi connectivity index (χ2n) is 6.29. The smallest absolute Gasteiger partial charge is 0.244 e. The fourth-order valence-corrected chi connectivity index (χ4v) is 4.32. The van der Waals surface area contributed by atoms with Crippen molar-refractivity contribution in [3.05, 3.63) is 29.0 Å². The number of rotatable bonds is 10. The Morgan fingerprint density at radius 1 is 0.958 bits per heavy atom. The highest BCUT2D eigenvalue weighted by Crippen LogP contribution is 2.25. The molecule has 0 radical (unpaired) electrons. The Balaban J connectivity index is 2.96. The molecule has 0 spiro atoms. The molecule has 24 heavy (non-hydrogen) atoms. The van der Waals surface area contributed by atoms with E-state index in [1.165, 1.54) is 10.4 Å². The van der Waals surface area contributed by atoms with Gasteiger partial charge in [-0.3, -0.25) is 0 Å². The minimum absolute atomic E-state index is 0.0414. The SMILES string of the molecule is CN(C)CCCN(CCCN(C)C)S(=O)(=O)c1ccc(F)cc1Cl. The molecule has 0 aliphatic rings. The monoisotopic (exact) mass is 379 g/mol. The summed E-state index contributed by atoms with van der Waals surface area (Å²) in [7, 11) is 4.04. The van der Waals surface area contributed by atoms with Crippen LogP contribution in [0.5, 0.6) is 0 Å². The van der Waals surface area contributed by atoms with Crippen molar-refractivity contribution in [3.8, 4) is 0 Å². The van der Waals surface area contributed by atoms with Crippen LogP contribution in [0.4, 0.5) is 4.39 Å². The van der Waals surface area contributed by atoms with Crippen molar-refractivity contribution in [3.63, 3.8) is 0 Å². The molecule has 0 saturated heterocycles. The minimum Gasteiger partial charge on any atom is -0.309 e. The van der Waals surface area contributed by atoms with Crippen LogP contribution in [0.3, 0.4) is 0 Å². The average molecular weight is 380 g/mol. The highest BCUT2D eigenvalue weighted by Gasteiger charge is 2.26. The summed E-state index contributed by atoms with van der Waals surface area (Å²) in [6, 6.07) is 3.39. The van der Waals surface area contributed by atoms with Gasteiger partial charge in [-0.05, 0) is 72.3 Å². The van der Waals surface area contributed by atoms with Crippen molar-refractivity contribution in [2.75, 3.05) is 54.4 Å². The molecule has 0 fully saturated rings. The van der Waals surface area contributed by atoms with E-state index in [4.69, 9.17) is 11.6 Å². The molecule has 0 N–H and O–H groups in total. The van der Waals surface area contributed by atoms with Crippen LogP contribution in [0, 0.1) is 5.82 Å². The lowest BCUT2D eigenvalue weighted by Gasteiger charge is -2.24. The largest absolute Gasteiger partial charge is 0.309 e. The Bertz CT molecular complexity index is 610. The van der Waals surface area contributed by atoms with Crippen LogP contribution in [-0.2, 0) is 10.0 Å². The van der Waals surface area contributed by atoms with E-state index >= 15 is 0 Å². The molecule has 0 bridgehead atoms. The van der Waals surface area contributed by atoms with Gasteiger partial charge in [-0.2, -0.15) is 4.31 Å². The van der Waals surface area contributed by atoms with Gasteiger partial charge in [0.1, 0.15) is 10.7 Å². The second-order valence-corrected chi connectivity index (χ2v) is 8.61. The lowest BCUT2D eigenvalue weighted by Crippen LogP contribution is -2.35. The molecule has 0 aliphatic heterocycles. The van der Waals surface area contributed by atoms with Crippen molar-refractivity contribution >= 4 is 21.6 Å². The van der Waals surface area contributed by atoms with Gasteiger partial charge >= 0.3 is 0 Å². The quantitative estimate of drug-likeness (QED) is 0.626. The van der Waals surface area contributed by atoms with E-state index in [1.54, 1.807) is 0 Å². The third kappa shape index (κ3) is 6.64. The summed E-state index contributed by atoms with van der Waals surface area (Å²) in [5, 5.41) is -0.0831. The molecule has 0 unspecified atom stereocenters. The first-order valence-corrected chi connectivity index (χ1v) is 9.71. The topological polar surface area (TPSA) is 43.9 Å². The highest BCUT2D eigenvalue weighted by molar-refractivity contribution is 7.89. The van der Waals surface area contributed by atoms with E-state index in [1.807, 2.05) is 38.0 Å². The van der Waals surface area contributed by atoms with Gasteiger partial charge in [0.25, 0.3) is 0 Å². The molecule has 5 nitrogen and oxygen atoms in total. The summed E-state index contributed by atoms with van der Waals surface area (Å²) in [5.41, 5.74) is 0. The van der Waals surface area contributed by atoms with E-state index in [0.717, 1.165) is 25.2 Å². The number of benzene rings is 1. The van der Waals surface area contributed by atoms with E-state index < -0.39 is 15.8 Å². The number of hydrogen-bond acceptors (Lipinski definition) is 4. The van der Waals surface area contributed by atoms with Crippen molar-refractivity contribution in [2.45, 2.75) is 17.7 Å². The summed E-state index contributed by atoms with van der Waals surface area (Å²) in [6.45, 7) is 2.39. The number of sulfonamides is 1. The molecule has 1 rings (SSSR count). The van der Waals surface area contributed by atoms with E-state index in [2.05, 4.69) is 0 Å². The van der Waals surface area contributed by atoms with Crippen LogP contribution >= 0.6 is 11.6 Å². The van der Waals surface area contributed by atoms with Crippen LogP contribution in [0.25, 0.3) is 0 Å². The molecule has 1 aromatic rings. The molecular weight excluding hydrogens is 353 g/mol. The average Bonchev–Trinajstić information content (AvgIpc) is 2.44. The van der Waals surface area contributed by atoms with E-state index in [0.29, 0.717) is 25.9 Å². The van der Waals surface area contributed by atoms with Crippen LogP contribution in [-0.4, -0.2) is 76.9 Å². The maximum absolute atomic E-state index is 13.2. The first-order valence-electron chi connectivity index (χ1n) is 7.89. The Morgan fingerprint density at radius 3 is 1.88 bits per heavy atom. The van der Waals surface area contributed by atoms with E-state index in [9.17, 15) is 12.8 Å². The van der Waals surface area contributed by atoms with Gasteiger partial charge in [0.2, 0.25) is 10.0 Å². The number of halogens is 2. The summed E-state index contributed by atoms with van der Waals surface area (Å²) < 4.78 is 40.5. The van der Waals surface area contributed by atoms with Crippen molar-refractivity contribution in [1.82, 2.24) is 14.1 Å². The third-order valence-electron chi connectivity index (χ3n) is 3.54. The normalized spacial score (nSPS) is 12.5. The number of hydrogen-bond donors (Lipinski definition) is 0. The van der Waals surface area contributed by atoms with Crippen LogP contribution < -0.4 is 0 Å². The Kier molecular flexibility index (Phi) is 8.59. The standard InChI is InChI=1S/C16H27ClFN3O2S/c1-19(2)9-5-11-21(12-6-10-20(3)4)24(22,23)16-8-7-14(18)13-15(16)17/h7-8,13H,5-6,9-12H2,1-4H3. The zero-order valence-electron chi connectivity index (χ0n) is 14.8. The zero-order chi connectivity index (χ0) is 18.3. The fourth-order valence-electron chi connectivity index (χ4n) is 2.30. The molecule has 0 atom stereocenters. The maximum atomic E-state index is 13.2. The minimum atomic E-state index is -3.75. The molecule has 138 valence electrons. The summed E-state index contributed by atoms with van der Waals surface area (Å²) >= 11 is 5.96. The Hall–Kier alpha value is -0.730. The highest BCUT2D eigenvalue weighted by atomic mass is 35.5. The van der Waals surface area contributed by atoms with Gasteiger partial charge in [0.15, 0.2) is 0 Å². The van der Waals surface area contributed by atoms with Crippen molar-refractivity contribution < 1.29 is 12.8 Å². The molecule has 0 aromatic heterocycles. The van der Waals surface area contributed by atoms with Crippen molar-refractivity contribution in [1.29, 1.82) is 0 Å². The molecule has 0 aliphatic carbocycles. The second kappa shape index (κ2) is 9.68. The van der Waals surface area contributed by atoms with Crippen LogP contribution in [0.1, 0.15) is 12.8 Å². The first-order chi connectivity index (χ1) is 11.1. The summed E-state index contributed by atoms with van der Waals surface area (Å²) in [5.74, 6) is -0.550. The zero-order valence-corrected chi connectivity index (χ0v) is 16.4. The lowest BCUT2D eigenvalue weighted by molar-refractivity contribution is 0.326. The lowest BCUT2D eigenvalue weighted by atomic mass is 10.3. The molecule has 8 heteroatoms. The molecular formula is C16H27ClFN3O2S. The third-order valence-corrected chi connectivity index (χ3v) is 5.92.